The number of rotatable bonds is 6. The van der Waals surface area contributed by atoms with Gasteiger partial charge >= 0.3 is 0 Å². The fourth-order valence-electron chi connectivity index (χ4n) is 2.77. The number of aromatic hydroxyl groups is 1. The fourth-order valence-corrected chi connectivity index (χ4v) is 2.77. The first kappa shape index (κ1) is 15.8. The van der Waals surface area contributed by atoms with E-state index in [0.717, 1.165) is 44.5 Å². The zero-order valence-electron chi connectivity index (χ0n) is 13.1. The van der Waals surface area contributed by atoms with Crippen LogP contribution < -0.4 is 5.32 Å². The SMILES string of the molecule is CCCCN(CC1CCCN1)C(=O)c1ccc(O)c(C)c1. The molecule has 21 heavy (non-hydrogen) atoms. The van der Waals surface area contributed by atoms with Crippen molar-refractivity contribution in [3.8, 4) is 5.75 Å². The molecular formula is C17H26N2O2. The van der Waals surface area contributed by atoms with Crippen LogP contribution >= 0.6 is 0 Å². The number of hydrogen-bond acceptors (Lipinski definition) is 3. The summed E-state index contributed by atoms with van der Waals surface area (Å²) in [5.74, 6) is 0.310. The lowest BCUT2D eigenvalue weighted by Gasteiger charge is -2.26. The zero-order valence-corrected chi connectivity index (χ0v) is 13.1. The van der Waals surface area contributed by atoms with Crippen LogP contribution in [0, 0.1) is 6.92 Å². The summed E-state index contributed by atoms with van der Waals surface area (Å²) in [7, 11) is 0. The number of amides is 1. The van der Waals surface area contributed by atoms with Gasteiger partial charge in [-0.2, -0.15) is 0 Å². The molecule has 1 saturated heterocycles. The Kier molecular flexibility index (Phi) is 5.62. The third kappa shape index (κ3) is 4.21. The van der Waals surface area contributed by atoms with Crippen molar-refractivity contribution in [2.24, 2.45) is 0 Å². The number of carbonyl (C=O) groups excluding carboxylic acids is 1. The Morgan fingerprint density at radius 2 is 2.29 bits per heavy atom. The Hall–Kier alpha value is -1.55. The molecule has 1 unspecified atom stereocenters. The fraction of sp³-hybridized carbons (Fsp3) is 0.588. The van der Waals surface area contributed by atoms with Crippen LogP contribution in [0.1, 0.15) is 48.5 Å². The van der Waals surface area contributed by atoms with E-state index in [1.165, 1.54) is 6.42 Å². The Bertz CT molecular complexity index is 482. The second-order valence-electron chi connectivity index (χ2n) is 5.90. The van der Waals surface area contributed by atoms with Gasteiger partial charge in [-0.05, 0) is 56.5 Å². The van der Waals surface area contributed by atoms with E-state index in [1.54, 1.807) is 18.2 Å². The highest BCUT2D eigenvalue weighted by molar-refractivity contribution is 5.94. The third-order valence-corrected chi connectivity index (χ3v) is 4.12. The summed E-state index contributed by atoms with van der Waals surface area (Å²) in [6.07, 6.45) is 4.44. The Labute approximate surface area is 127 Å². The molecule has 1 aromatic rings. The lowest BCUT2D eigenvalue weighted by Crippen LogP contribution is -2.41. The number of nitrogens with zero attached hydrogens (tertiary/aromatic N) is 1. The average Bonchev–Trinajstić information content (AvgIpc) is 2.98. The van der Waals surface area contributed by atoms with E-state index in [2.05, 4.69) is 12.2 Å². The molecule has 1 aliphatic heterocycles. The molecule has 2 rings (SSSR count). The van der Waals surface area contributed by atoms with Gasteiger partial charge in [-0.25, -0.2) is 0 Å². The second-order valence-corrected chi connectivity index (χ2v) is 5.90. The molecule has 0 radical (unpaired) electrons. The van der Waals surface area contributed by atoms with Crippen molar-refractivity contribution in [1.29, 1.82) is 0 Å². The summed E-state index contributed by atoms with van der Waals surface area (Å²) < 4.78 is 0. The van der Waals surface area contributed by atoms with Gasteiger partial charge in [-0.1, -0.05) is 13.3 Å². The van der Waals surface area contributed by atoms with Gasteiger partial charge in [0.2, 0.25) is 0 Å². The lowest BCUT2D eigenvalue weighted by atomic mass is 10.1. The van der Waals surface area contributed by atoms with Crippen molar-refractivity contribution in [1.82, 2.24) is 10.2 Å². The van der Waals surface area contributed by atoms with Gasteiger partial charge in [-0.3, -0.25) is 4.79 Å². The van der Waals surface area contributed by atoms with Gasteiger partial charge in [0.1, 0.15) is 5.75 Å². The molecule has 1 heterocycles. The second kappa shape index (κ2) is 7.46. The predicted molar refractivity (Wildman–Crippen MR) is 84.7 cm³/mol. The molecule has 1 fully saturated rings. The minimum atomic E-state index is 0.0697. The highest BCUT2D eigenvalue weighted by Crippen LogP contribution is 2.19. The quantitative estimate of drug-likeness (QED) is 0.847. The molecule has 0 spiro atoms. The van der Waals surface area contributed by atoms with Crippen molar-refractivity contribution < 1.29 is 9.90 Å². The van der Waals surface area contributed by atoms with E-state index < -0.39 is 0 Å². The number of carbonyl (C=O) groups is 1. The maximum Gasteiger partial charge on any atom is 0.253 e. The van der Waals surface area contributed by atoms with E-state index in [-0.39, 0.29) is 11.7 Å². The first-order valence-corrected chi connectivity index (χ1v) is 7.94. The number of unbranched alkanes of at least 4 members (excludes halogenated alkanes) is 1. The van der Waals surface area contributed by atoms with Crippen molar-refractivity contribution in [3.05, 3.63) is 29.3 Å². The molecule has 2 N–H and O–H groups in total. The minimum Gasteiger partial charge on any atom is -0.508 e. The van der Waals surface area contributed by atoms with Gasteiger partial charge in [0, 0.05) is 24.7 Å². The van der Waals surface area contributed by atoms with E-state index in [4.69, 9.17) is 0 Å². The molecule has 4 heteroatoms. The van der Waals surface area contributed by atoms with Gasteiger partial charge in [0.05, 0.1) is 0 Å². The summed E-state index contributed by atoms with van der Waals surface area (Å²) in [5.41, 5.74) is 1.41. The monoisotopic (exact) mass is 290 g/mol. The number of phenols is 1. The molecule has 4 nitrogen and oxygen atoms in total. The summed E-state index contributed by atoms with van der Waals surface area (Å²) in [6.45, 7) is 6.59. The number of nitrogens with one attached hydrogen (secondary N) is 1. The molecule has 0 saturated carbocycles. The van der Waals surface area contributed by atoms with Crippen LogP contribution in [0.25, 0.3) is 0 Å². The van der Waals surface area contributed by atoms with Crippen LogP contribution in [0.5, 0.6) is 5.75 Å². The van der Waals surface area contributed by atoms with Crippen molar-refractivity contribution in [2.75, 3.05) is 19.6 Å². The molecule has 0 bridgehead atoms. The molecule has 1 amide bonds. The van der Waals surface area contributed by atoms with Gasteiger partial charge in [-0.15, -0.1) is 0 Å². The first-order chi connectivity index (χ1) is 10.1. The highest BCUT2D eigenvalue weighted by Gasteiger charge is 2.22. The largest absolute Gasteiger partial charge is 0.508 e. The van der Waals surface area contributed by atoms with Crippen LogP contribution in [0.4, 0.5) is 0 Å². The van der Waals surface area contributed by atoms with Crippen LogP contribution in [0.15, 0.2) is 18.2 Å². The average molecular weight is 290 g/mol. The van der Waals surface area contributed by atoms with Crippen molar-refractivity contribution >= 4 is 5.91 Å². The van der Waals surface area contributed by atoms with E-state index in [1.807, 2.05) is 11.8 Å². The van der Waals surface area contributed by atoms with E-state index in [0.29, 0.717) is 11.6 Å². The Morgan fingerprint density at radius 3 is 2.90 bits per heavy atom. The molecule has 0 aromatic heterocycles. The normalized spacial score (nSPS) is 17.9. The van der Waals surface area contributed by atoms with Gasteiger partial charge < -0.3 is 15.3 Å². The highest BCUT2D eigenvalue weighted by atomic mass is 16.3. The molecule has 1 aliphatic rings. The van der Waals surface area contributed by atoms with E-state index in [9.17, 15) is 9.90 Å². The predicted octanol–water partition coefficient (Wildman–Crippen LogP) is 2.69. The van der Waals surface area contributed by atoms with E-state index >= 15 is 0 Å². The third-order valence-electron chi connectivity index (χ3n) is 4.12. The zero-order chi connectivity index (χ0) is 15.2. The van der Waals surface area contributed by atoms with Crippen LogP contribution in [-0.2, 0) is 0 Å². The maximum absolute atomic E-state index is 12.7. The lowest BCUT2D eigenvalue weighted by molar-refractivity contribution is 0.0739. The number of benzene rings is 1. The summed E-state index contributed by atoms with van der Waals surface area (Å²) >= 11 is 0. The van der Waals surface area contributed by atoms with Gasteiger partial charge in [0.15, 0.2) is 0 Å². The maximum atomic E-state index is 12.7. The first-order valence-electron chi connectivity index (χ1n) is 7.94. The molecule has 116 valence electrons. The molecular weight excluding hydrogens is 264 g/mol. The topological polar surface area (TPSA) is 52.6 Å². The van der Waals surface area contributed by atoms with Crippen LogP contribution in [0.3, 0.4) is 0 Å². The number of aryl methyl sites for hydroxylation is 1. The van der Waals surface area contributed by atoms with Crippen LogP contribution in [-0.4, -0.2) is 41.6 Å². The van der Waals surface area contributed by atoms with Gasteiger partial charge in [0.25, 0.3) is 5.91 Å². The number of phenolic OH excluding ortho intramolecular Hbond substituents is 1. The molecule has 0 aliphatic carbocycles. The standard InChI is InChI=1S/C17H26N2O2/c1-3-4-10-19(12-15-6-5-9-18-15)17(21)14-7-8-16(20)13(2)11-14/h7-8,11,15,18,20H,3-6,9-10,12H2,1-2H3. The number of hydrogen-bond donors (Lipinski definition) is 2. The Morgan fingerprint density at radius 1 is 1.48 bits per heavy atom. The Balaban J connectivity index is 2.09. The molecule has 1 aromatic carbocycles. The van der Waals surface area contributed by atoms with Crippen molar-refractivity contribution in [3.63, 3.8) is 0 Å². The molecule has 1 atom stereocenters. The van der Waals surface area contributed by atoms with Crippen LogP contribution in [0.2, 0.25) is 0 Å². The summed E-state index contributed by atoms with van der Waals surface area (Å²) in [5, 5.41) is 13.1. The minimum absolute atomic E-state index is 0.0697. The van der Waals surface area contributed by atoms with Crippen molar-refractivity contribution in [2.45, 2.75) is 45.6 Å². The summed E-state index contributed by atoms with van der Waals surface area (Å²) in [6, 6.07) is 5.52. The summed E-state index contributed by atoms with van der Waals surface area (Å²) in [4.78, 5) is 14.7. The smallest absolute Gasteiger partial charge is 0.253 e.